The fraction of sp³-hybridized carbons (Fsp3) is 1.00. The predicted octanol–water partition coefficient (Wildman–Crippen LogP) is 3.42. The van der Waals surface area contributed by atoms with Gasteiger partial charge in [0, 0.05) is 18.6 Å². The summed E-state index contributed by atoms with van der Waals surface area (Å²) < 4.78 is 0. The molecule has 3 atom stereocenters. The molecule has 1 aliphatic carbocycles. The van der Waals surface area contributed by atoms with Crippen molar-refractivity contribution in [3.05, 3.63) is 0 Å². The number of nitrogens with zero attached hydrogens (tertiary/aromatic N) is 1. The molecule has 1 heterocycles. The van der Waals surface area contributed by atoms with E-state index in [2.05, 4.69) is 24.1 Å². The molecule has 2 rings (SSSR count). The average Bonchev–Trinajstić information content (AvgIpc) is 2.65. The summed E-state index contributed by atoms with van der Waals surface area (Å²) in [5.74, 6) is 1.00. The molecule has 2 heteroatoms. The lowest BCUT2D eigenvalue weighted by Crippen LogP contribution is -2.44. The third-order valence-corrected chi connectivity index (χ3v) is 5.00. The van der Waals surface area contributed by atoms with Crippen molar-refractivity contribution in [3.8, 4) is 0 Å². The molecule has 1 N–H and O–H groups in total. The molecule has 0 spiro atoms. The van der Waals surface area contributed by atoms with Gasteiger partial charge in [-0.3, -0.25) is 4.90 Å². The quantitative estimate of drug-likeness (QED) is 0.825. The highest BCUT2D eigenvalue weighted by Gasteiger charge is 2.28. The van der Waals surface area contributed by atoms with Crippen LogP contribution in [0.2, 0.25) is 0 Å². The molecule has 0 aromatic carbocycles. The zero-order valence-electron chi connectivity index (χ0n) is 12.5. The van der Waals surface area contributed by atoms with Crippen molar-refractivity contribution >= 4 is 0 Å². The van der Waals surface area contributed by atoms with Crippen LogP contribution in [0.4, 0.5) is 0 Å². The van der Waals surface area contributed by atoms with E-state index in [-0.39, 0.29) is 0 Å². The van der Waals surface area contributed by atoms with Crippen molar-refractivity contribution < 1.29 is 0 Å². The Hall–Kier alpha value is -0.0800. The van der Waals surface area contributed by atoms with Gasteiger partial charge in [-0.15, -0.1) is 0 Å². The summed E-state index contributed by atoms with van der Waals surface area (Å²) in [6.07, 6.45) is 11.3. The Kier molecular flexibility index (Phi) is 5.97. The summed E-state index contributed by atoms with van der Waals surface area (Å²) in [4.78, 5) is 2.82. The minimum Gasteiger partial charge on any atom is -0.313 e. The van der Waals surface area contributed by atoms with Crippen molar-refractivity contribution in [1.29, 1.82) is 0 Å². The van der Waals surface area contributed by atoms with Crippen molar-refractivity contribution in [3.63, 3.8) is 0 Å². The summed E-state index contributed by atoms with van der Waals surface area (Å²) in [6, 6.07) is 1.64. The van der Waals surface area contributed by atoms with Crippen LogP contribution in [0.1, 0.15) is 65.2 Å². The molecule has 0 aromatic rings. The number of rotatable bonds is 4. The summed E-state index contributed by atoms with van der Waals surface area (Å²) >= 11 is 0. The molecule has 2 fully saturated rings. The zero-order chi connectivity index (χ0) is 12.8. The fourth-order valence-electron chi connectivity index (χ4n) is 3.87. The standard InChI is InChI=1S/C16H32N2/c1-3-7-15-13-18(11-6-10-17-15)16-9-5-8-14(4-2)12-16/h14-17H,3-13H2,1-2H3. The van der Waals surface area contributed by atoms with E-state index in [4.69, 9.17) is 0 Å². The molecule has 106 valence electrons. The summed E-state index contributed by atoms with van der Waals surface area (Å²) in [7, 11) is 0. The monoisotopic (exact) mass is 252 g/mol. The molecule has 1 aliphatic heterocycles. The zero-order valence-corrected chi connectivity index (χ0v) is 12.5. The van der Waals surface area contributed by atoms with Crippen LogP contribution >= 0.6 is 0 Å². The highest BCUT2D eigenvalue weighted by Crippen LogP contribution is 2.30. The third kappa shape index (κ3) is 3.96. The summed E-state index contributed by atoms with van der Waals surface area (Å²) in [6.45, 7) is 8.54. The first-order chi connectivity index (χ1) is 8.83. The van der Waals surface area contributed by atoms with E-state index in [0.717, 1.165) is 18.0 Å². The molecule has 0 aromatic heterocycles. The molecule has 0 bridgehead atoms. The molecule has 2 aliphatic rings. The maximum atomic E-state index is 3.74. The number of hydrogen-bond donors (Lipinski definition) is 1. The van der Waals surface area contributed by atoms with Crippen molar-refractivity contribution in [2.45, 2.75) is 77.3 Å². The predicted molar refractivity (Wildman–Crippen MR) is 78.9 cm³/mol. The first kappa shape index (κ1) is 14.3. The second-order valence-corrected chi connectivity index (χ2v) is 6.38. The Morgan fingerprint density at radius 3 is 2.83 bits per heavy atom. The third-order valence-electron chi connectivity index (χ3n) is 5.00. The van der Waals surface area contributed by atoms with E-state index in [1.54, 1.807) is 0 Å². The van der Waals surface area contributed by atoms with Crippen LogP contribution < -0.4 is 5.32 Å². The molecular weight excluding hydrogens is 220 g/mol. The van der Waals surface area contributed by atoms with E-state index < -0.39 is 0 Å². The summed E-state index contributed by atoms with van der Waals surface area (Å²) in [5.41, 5.74) is 0. The first-order valence-electron chi connectivity index (χ1n) is 8.30. The van der Waals surface area contributed by atoms with Gasteiger partial charge in [0.05, 0.1) is 0 Å². The Balaban J connectivity index is 1.88. The van der Waals surface area contributed by atoms with Crippen LogP contribution in [0.5, 0.6) is 0 Å². The van der Waals surface area contributed by atoms with E-state index in [9.17, 15) is 0 Å². The van der Waals surface area contributed by atoms with Crippen LogP contribution in [0.15, 0.2) is 0 Å². The van der Waals surface area contributed by atoms with E-state index in [1.165, 1.54) is 71.0 Å². The minimum absolute atomic E-state index is 0.750. The van der Waals surface area contributed by atoms with Crippen molar-refractivity contribution in [2.24, 2.45) is 5.92 Å². The minimum atomic E-state index is 0.750. The first-order valence-corrected chi connectivity index (χ1v) is 8.30. The van der Waals surface area contributed by atoms with Crippen LogP contribution in [-0.2, 0) is 0 Å². The van der Waals surface area contributed by atoms with E-state index in [1.807, 2.05) is 0 Å². The molecule has 18 heavy (non-hydrogen) atoms. The lowest BCUT2D eigenvalue weighted by molar-refractivity contribution is 0.125. The van der Waals surface area contributed by atoms with Crippen LogP contribution in [-0.4, -0.2) is 36.6 Å². The van der Waals surface area contributed by atoms with Gasteiger partial charge >= 0.3 is 0 Å². The van der Waals surface area contributed by atoms with Crippen LogP contribution in [0, 0.1) is 5.92 Å². The SMILES string of the molecule is CCCC1CN(C2CCCC(CC)C2)CCCN1. The van der Waals surface area contributed by atoms with Gasteiger partial charge < -0.3 is 5.32 Å². The maximum Gasteiger partial charge on any atom is 0.0195 e. The summed E-state index contributed by atoms with van der Waals surface area (Å²) in [5, 5.41) is 3.74. The van der Waals surface area contributed by atoms with Gasteiger partial charge in [0.1, 0.15) is 0 Å². The Labute approximate surface area is 114 Å². The second-order valence-electron chi connectivity index (χ2n) is 6.38. The normalized spacial score (nSPS) is 35.3. The van der Waals surface area contributed by atoms with Crippen molar-refractivity contribution in [2.75, 3.05) is 19.6 Å². The van der Waals surface area contributed by atoms with Gasteiger partial charge in [-0.25, -0.2) is 0 Å². The molecule has 0 amide bonds. The lowest BCUT2D eigenvalue weighted by Gasteiger charge is -2.38. The van der Waals surface area contributed by atoms with Gasteiger partial charge in [0.2, 0.25) is 0 Å². The number of nitrogens with one attached hydrogen (secondary N) is 1. The fourth-order valence-corrected chi connectivity index (χ4v) is 3.87. The van der Waals surface area contributed by atoms with Gasteiger partial charge in [0.15, 0.2) is 0 Å². The topological polar surface area (TPSA) is 15.3 Å². The second kappa shape index (κ2) is 7.49. The highest BCUT2D eigenvalue weighted by atomic mass is 15.2. The van der Waals surface area contributed by atoms with Gasteiger partial charge in [-0.05, 0) is 44.7 Å². The molecule has 2 nitrogen and oxygen atoms in total. The van der Waals surface area contributed by atoms with Gasteiger partial charge in [0.25, 0.3) is 0 Å². The van der Waals surface area contributed by atoms with Crippen LogP contribution in [0.3, 0.4) is 0 Å². The molecule has 3 unspecified atom stereocenters. The smallest absolute Gasteiger partial charge is 0.0195 e. The Bertz CT molecular complexity index is 229. The van der Waals surface area contributed by atoms with Crippen LogP contribution in [0.25, 0.3) is 0 Å². The van der Waals surface area contributed by atoms with Gasteiger partial charge in [-0.1, -0.05) is 39.5 Å². The van der Waals surface area contributed by atoms with E-state index >= 15 is 0 Å². The molecule has 1 saturated carbocycles. The Morgan fingerprint density at radius 2 is 2.06 bits per heavy atom. The largest absolute Gasteiger partial charge is 0.313 e. The lowest BCUT2D eigenvalue weighted by atomic mass is 9.83. The molecule has 1 saturated heterocycles. The Morgan fingerprint density at radius 1 is 1.17 bits per heavy atom. The van der Waals surface area contributed by atoms with E-state index in [0.29, 0.717) is 0 Å². The van der Waals surface area contributed by atoms with Crippen molar-refractivity contribution in [1.82, 2.24) is 10.2 Å². The maximum absolute atomic E-state index is 3.74. The number of hydrogen-bond acceptors (Lipinski definition) is 2. The molecular formula is C16H32N2. The average molecular weight is 252 g/mol. The molecule has 0 radical (unpaired) electrons. The highest BCUT2D eigenvalue weighted by molar-refractivity contribution is 4.85. The van der Waals surface area contributed by atoms with Gasteiger partial charge in [-0.2, -0.15) is 0 Å².